The van der Waals surface area contributed by atoms with E-state index >= 15 is 0 Å². The Morgan fingerprint density at radius 1 is 1.71 bits per heavy atom. The van der Waals surface area contributed by atoms with E-state index in [1.807, 2.05) is 6.92 Å². The van der Waals surface area contributed by atoms with Crippen LogP contribution in [0, 0.1) is 6.92 Å². The Kier molecular flexibility index (Phi) is 2.62. The Balaban J connectivity index is 1.80. The molecule has 1 fully saturated rings. The summed E-state index contributed by atoms with van der Waals surface area (Å²) in [5.74, 6) is 0.929. The molecule has 0 bridgehead atoms. The number of hydrogen-bond donors (Lipinski definition) is 2. The molecule has 0 radical (unpaired) electrons. The smallest absolute Gasteiger partial charge is 0.220 e. The van der Waals surface area contributed by atoms with Crippen LogP contribution in [0.4, 0.5) is 5.13 Å². The van der Waals surface area contributed by atoms with Crippen molar-refractivity contribution in [3.63, 3.8) is 0 Å². The van der Waals surface area contributed by atoms with Crippen LogP contribution in [0.1, 0.15) is 18.7 Å². The summed E-state index contributed by atoms with van der Waals surface area (Å²) in [5, 5.41) is 6.87. The summed E-state index contributed by atoms with van der Waals surface area (Å²) in [6.07, 6.45) is 1.55. The van der Waals surface area contributed by atoms with Crippen LogP contribution in [0.5, 0.6) is 0 Å². The maximum Gasteiger partial charge on any atom is 0.220 e. The van der Waals surface area contributed by atoms with Crippen LogP contribution in [0.25, 0.3) is 0 Å². The third-order valence-electron chi connectivity index (χ3n) is 2.11. The molecule has 1 aliphatic rings. The lowest BCUT2D eigenvalue weighted by Gasteiger charge is -2.09. The van der Waals surface area contributed by atoms with Gasteiger partial charge in [-0.2, -0.15) is 4.37 Å². The van der Waals surface area contributed by atoms with E-state index in [-0.39, 0.29) is 11.9 Å². The zero-order chi connectivity index (χ0) is 9.97. The third-order valence-corrected chi connectivity index (χ3v) is 2.88. The van der Waals surface area contributed by atoms with Crippen LogP contribution in [0.15, 0.2) is 0 Å². The zero-order valence-corrected chi connectivity index (χ0v) is 8.73. The summed E-state index contributed by atoms with van der Waals surface area (Å²) in [7, 11) is 0. The van der Waals surface area contributed by atoms with Crippen molar-refractivity contribution in [3.05, 3.63) is 5.82 Å². The summed E-state index contributed by atoms with van der Waals surface area (Å²) < 4.78 is 4.06. The summed E-state index contributed by atoms with van der Waals surface area (Å²) >= 11 is 1.35. The molecular weight excluding hydrogens is 200 g/mol. The van der Waals surface area contributed by atoms with E-state index < -0.39 is 0 Å². The van der Waals surface area contributed by atoms with E-state index in [9.17, 15) is 4.79 Å². The number of aromatic nitrogens is 2. The van der Waals surface area contributed by atoms with Crippen LogP contribution in [-0.4, -0.2) is 27.9 Å². The summed E-state index contributed by atoms with van der Waals surface area (Å²) in [6.45, 7) is 2.60. The highest BCUT2D eigenvalue weighted by Gasteiger charge is 2.20. The quantitative estimate of drug-likeness (QED) is 0.767. The fraction of sp³-hybridized carbons (Fsp3) is 0.625. The van der Waals surface area contributed by atoms with Gasteiger partial charge in [-0.25, -0.2) is 4.98 Å². The van der Waals surface area contributed by atoms with E-state index in [1.165, 1.54) is 11.5 Å². The fourth-order valence-electron chi connectivity index (χ4n) is 1.41. The van der Waals surface area contributed by atoms with E-state index in [4.69, 9.17) is 0 Å². The molecule has 1 aromatic rings. The van der Waals surface area contributed by atoms with Crippen LogP contribution in [0.2, 0.25) is 0 Å². The molecule has 1 unspecified atom stereocenters. The normalized spacial score (nSPS) is 20.9. The molecule has 6 heteroatoms. The number of nitrogens with one attached hydrogen (secondary N) is 2. The maximum absolute atomic E-state index is 10.9. The first-order chi connectivity index (χ1) is 6.74. The van der Waals surface area contributed by atoms with Crippen molar-refractivity contribution in [2.75, 3.05) is 11.9 Å². The Hall–Kier alpha value is -1.17. The van der Waals surface area contributed by atoms with E-state index in [1.54, 1.807) is 0 Å². The molecule has 1 saturated heterocycles. The highest BCUT2D eigenvalue weighted by atomic mass is 32.1. The van der Waals surface area contributed by atoms with Gasteiger partial charge in [0.25, 0.3) is 0 Å². The molecule has 1 aliphatic heterocycles. The Labute approximate surface area is 86.1 Å². The molecule has 0 aromatic carbocycles. The third kappa shape index (κ3) is 2.20. The van der Waals surface area contributed by atoms with Gasteiger partial charge in [-0.05, 0) is 13.3 Å². The molecule has 0 saturated carbocycles. The first kappa shape index (κ1) is 9.39. The lowest BCUT2D eigenvalue weighted by molar-refractivity contribution is -0.119. The highest BCUT2D eigenvalue weighted by Crippen LogP contribution is 2.12. The average molecular weight is 212 g/mol. The summed E-state index contributed by atoms with van der Waals surface area (Å²) in [5.41, 5.74) is 0. The first-order valence-electron chi connectivity index (χ1n) is 4.57. The van der Waals surface area contributed by atoms with Gasteiger partial charge >= 0.3 is 0 Å². The van der Waals surface area contributed by atoms with Crippen molar-refractivity contribution in [1.82, 2.24) is 14.7 Å². The molecule has 5 nitrogen and oxygen atoms in total. The molecule has 1 aromatic heterocycles. The number of rotatable bonds is 3. The Morgan fingerprint density at radius 2 is 2.57 bits per heavy atom. The van der Waals surface area contributed by atoms with E-state index in [0.29, 0.717) is 6.42 Å². The van der Waals surface area contributed by atoms with Crippen molar-refractivity contribution in [2.24, 2.45) is 0 Å². The number of hydrogen-bond acceptors (Lipinski definition) is 5. The second kappa shape index (κ2) is 3.91. The van der Waals surface area contributed by atoms with Crippen LogP contribution in [0.3, 0.4) is 0 Å². The van der Waals surface area contributed by atoms with Crippen molar-refractivity contribution in [3.8, 4) is 0 Å². The minimum absolute atomic E-state index is 0.144. The second-order valence-electron chi connectivity index (χ2n) is 3.33. The molecular formula is C8H12N4OS. The van der Waals surface area contributed by atoms with Gasteiger partial charge in [-0.3, -0.25) is 4.79 Å². The zero-order valence-electron chi connectivity index (χ0n) is 7.91. The summed E-state index contributed by atoms with van der Waals surface area (Å²) in [4.78, 5) is 15.1. The van der Waals surface area contributed by atoms with Gasteiger partial charge in [-0.1, -0.05) is 0 Å². The Morgan fingerprint density at radius 3 is 3.14 bits per heavy atom. The minimum Gasteiger partial charge on any atom is -0.358 e. The maximum atomic E-state index is 10.9. The van der Waals surface area contributed by atoms with Gasteiger partial charge in [0.1, 0.15) is 5.82 Å². The van der Waals surface area contributed by atoms with Crippen LogP contribution < -0.4 is 10.6 Å². The molecule has 76 valence electrons. The van der Waals surface area contributed by atoms with Gasteiger partial charge in [-0.15, -0.1) is 0 Å². The van der Waals surface area contributed by atoms with Crippen molar-refractivity contribution in [2.45, 2.75) is 25.8 Å². The van der Waals surface area contributed by atoms with Crippen molar-refractivity contribution in [1.29, 1.82) is 0 Å². The predicted octanol–water partition coefficient (Wildman–Crippen LogP) is 0.537. The number of amides is 1. The predicted molar refractivity (Wildman–Crippen MR) is 54.3 cm³/mol. The van der Waals surface area contributed by atoms with Gasteiger partial charge in [0, 0.05) is 30.5 Å². The number of aryl methyl sites for hydroxylation is 1. The monoisotopic (exact) mass is 212 g/mol. The van der Waals surface area contributed by atoms with Gasteiger partial charge in [0.05, 0.1) is 0 Å². The van der Waals surface area contributed by atoms with Crippen molar-refractivity contribution >= 4 is 22.6 Å². The molecule has 2 N–H and O–H groups in total. The second-order valence-corrected chi connectivity index (χ2v) is 4.08. The first-order valence-corrected chi connectivity index (χ1v) is 5.35. The van der Waals surface area contributed by atoms with Crippen molar-refractivity contribution < 1.29 is 4.79 Å². The minimum atomic E-state index is 0.144. The number of nitrogens with zero attached hydrogens (tertiary/aromatic N) is 2. The molecule has 1 atom stereocenters. The van der Waals surface area contributed by atoms with E-state index in [2.05, 4.69) is 20.0 Å². The lowest BCUT2D eigenvalue weighted by atomic mass is 10.2. The molecule has 14 heavy (non-hydrogen) atoms. The number of carbonyl (C=O) groups excluding carboxylic acids is 1. The fourth-order valence-corrected chi connectivity index (χ4v) is 1.99. The standard InChI is InChI=1S/C8H12N4OS/c1-5-10-8(14-12-5)9-4-6-2-3-7(13)11-6/h6H,2-4H2,1H3,(H,11,13)(H,9,10,12). The molecule has 2 heterocycles. The largest absolute Gasteiger partial charge is 0.358 e. The SMILES string of the molecule is Cc1nsc(NCC2CCC(=O)N2)n1. The lowest BCUT2D eigenvalue weighted by Crippen LogP contribution is -2.31. The Bertz CT molecular complexity index is 338. The average Bonchev–Trinajstić information content (AvgIpc) is 2.72. The molecule has 0 aliphatic carbocycles. The van der Waals surface area contributed by atoms with Crippen LogP contribution >= 0.6 is 11.5 Å². The van der Waals surface area contributed by atoms with Crippen LogP contribution in [-0.2, 0) is 4.79 Å². The molecule has 1 amide bonds. The number of carbonyl (C=O) groups is 1. The topological polar surface area (TPSA) is 66.9 Å². The van der Waals surface area contributed by atoms with Gasteiger partial charge in [0.15, 0.2) is 0 Å². The van der Waals surface area contributed by atoms with Gasteiger partial charge < -0.3 is 10.6 Å². The number of anilines is 1. The highest BCUT2D eigenvalue weighted by molar-refractivity contribution is 7.09. The molecule has 0 spiro atoms. The van der Waals surface area contributed by atoms with Gasteiger partial charge in [0.2, 0.25) is 11.0 Å². The summed E-state index contributed by atoms with van der Waals surface area (Å²) in [6, 6.07) is 0.242. The molecule has 2 rings (SSSR count). The van der Waals surface area contributed by atoms with E-state index in [0.717, 1.165) is 23.9 Å².